The number of nitrogen functional groups attached to an aromatic ring is 1. The lowest BCUT2D eigenvalue weighted by Crippen LogP contribution is -2.47. The van der Waals surface area contributed by atoms with Crippen molar-refractivity contribution in [2.75, 3.05) is 43.4 Å². The number of pyridine rings is 1. The van der Waals surface area contributed by atoms with Crippen LogP contribution in [-0.2, 0) is 0 Å². The topological polar surface area (TPSA) is 45.4 Å². The first-order chi connectivity index (χ1) is 8.66. The number of hydrogen-bond donors (Lipinski definition) is 1. The van der Waals surface area contributed by atoms with Gasteiger partial charge in [-0.05, 0) is 31.0 Å². The first-order valence-electron chi connectivity index (χ1n) is 6.84. The first kappa shape index (κ1) is 13.1. The van der Waals surface area contributed by atoms with Crippen LogP contribution in [0.3, 0.4) is 0 Å². The molecule has 2 N–H and O–H groups in total. The van der Waals surface area contributed by atoms with Crippen molar-refractivity contribution in [2.24, 2.45) is 5.92 Å². The molecule has 0 saturated carbocycles. The number of piperazine rings is 1. The van der Waals surface area contributed by atoms with Gasteiger partial charge in [-0.1, -0.05) is 13.8 Å². The monoisotopic (exact) mass is 248 g/mol. The van der Waals surface area contributed by atoms with Crippen molar-refractivity contribution in [3.05, 3.63) is 18.3 Å². The van der Waals surface area contributed by atoms with Gasteiger partial charge in [-0.25, -0.2) is 4.98 Å². The van der Waals surface area contributed by atoms with Gasteiger partial charge >= 0.3 is 0 Å². The van der Waals surface area contributed by atoms with E-state index in [1.54, 1.807) is 0 Å². The average Bonchev–Trinajstić information content (AvgIpc) is 2.38. The van der Waals surface area contributed by atoms with E-state index in [4.69, 9.17) is 5.73 Å². The number of nitrogens with zero attached hydrogens (tertiary/aromatic N) is 3. The fourth-order valence-corrected chi connectivity index (χ4v) is 2.30. The van der Waals surface area contributed by atoms with Gasteiger partial charge in [0.25, 0.3) is 0 Å². The summed E-state index contributed by atoms with van der Waals surface area (Å²) in [5, 5.41) is 0. The Morgan fingerprint density at radius 2 is 2.00 bits per heavy atom. The standard InChI is InChI=1S/C14H24N4/c1-12(2)5-7-17-8-10-18(11-9-17)14-13(15)4-3-6-16-14/h3-4,6,12H,5,7-11,15H2,1-2H3. The molecule has 4 nitrogen and oxygen atoms in total. The van der Waals surface area contributed by atoms with Gasteiger partial charge in [0.2, 0.25) is 0 Å². The van der Waals surface area contributed by atoms with E-state index in [1.165, 1.54) is 13.0 Å². The van der Waals surface area contributed by atoms with Gasteiger partial charge in [0, 0.05) is 32.4 Å². The van der Waals surface area contributed by atoms with Crippen LogP contribution in [0.5, 0.6) is 0 Å². The minimum atomic E-state index is 0.785. The Balaban J connectivity index is 1.85. The lowest BCUT2D eigenvalue weighted by Gasteiger charge is -2.36. The molecule has 0 aromatic carbocycles. The van der Waals surface area contributed by atoms with Gasteiger partial charge in [0.1, 0.15) is 0 Å². The number of anilines is 2. The highest BCUT2D eigenvalue weighted by Gasteiger charge is 2.19. The van der Waals surface area contributed by atoms with Crippen LogP contribution < -0.4 is 10.6 Å². The maximum absolute atomic E-state index is 5.97. The van der Waals surface area contributed by atoms with E-state index in [9.17, 15) is 0 Å². The van der Waals surface area contributed by atoms with E-state index in [0.717, 1.165) is 43.6 Å². The van der Waals surface area contributed by atoms with Crippen LogP contribution in [0.25, 0.3) is 0 Å². The van der Waals surface area contributed by atoms with Crippen molar-refractivity contribution in [3.63, 3.8) is 0 Å². The summed E-state index contributed by atoms with van der Waals surface area (Å²) in [5.41, 5.74) is 6.75. The highest BCUT2D eigenvalue weighted by Crippen LogP contribution is 2.20. The highest BCUT2D eigenvalue weighted by atomic mass is 15.3. The predicted molar refractivity (Wildman–Crippen MR) is 76.8 cm³/mol. The molecule has 4 heteroatoms. The molecule has 0 atom stereocenters. The Morgan fingerprint density at radius 1 is 1.28 bits per heavy atom. The largest absolute Gasteiger partial charge is 0.396 e. The molecule has 1 aromatic heterocycles. The second-order valence-corrected chi connectivity index (χ2v) is 5.43. The maximum atomic E-state index is 5.97. The van der Waals surface area contributed by atoms with Crippen LogP contribution in [0.15, 0.2) is 18.3 Å². The SMILES string of the molecule is CC(C)CCN1CCN(c2ncccc2N)CC1. The smallest absolute Gasteiger partial charge is 0.151 e. The summed E-state index contributed by atoms with van der Waals surface area (Å²) in [6, 6.07) is 3.81. The molecule has 1 aromatic rings. The van der Waals surface area contributed by atoms with E-state index in [2.05, 4.69) is 28.6 Å². The van der Waals surface area contributed by atoms with Gasteiger partial charge in [-0.15, -0.1) is 0 Å². The molecule has 1 aliphatic heterocycles. The Kier molecular flexibility index (Phi) is 4.42. The molecule has 100 valence electrons. The second kappa shape index (κ2) is 6.05. The second-order valence-electron chi connectivity index (χ2n) is 5.43. The van der Waals surface area contributed by atoms with Crippen LogP contribution in [-0.4, -0.2) is 42.6 Å². The normalized spacial score (nSPS) is 17.4. The zero-order chi connectivity index (χ0) is 13.0. The van der Waals surface area contributed by atoms with Crippen molar-refractivity contribution in [1.29, 1.82) is 0 Å². The van der Waals surface area contributed by atoms with Crippen LogP contribution in [0.1, 0.15) is 20.3 Å². The zero-order valence-electron chi connectivity index (χ0n) is 11.5. The van der Waals surface area contributed by atoms with E-state index in [1.807, 2.05) is 18.3 Å². The number of rotatable bonds is 4. The molecule has 0 spiro atoms. The number of aromatic nitrogens is 1. The van der Waals surface area contributed by atoms with Crippen molar-refractivity contribution < 1.29 is 0 Å². The van der Waals surface area contributed by atoms with Crippen LogP contribution in [0, 0.1) is 5.92 Å². The Hall–Kier alpha value is -1.29. The molecule has 0 amide bonds. The lowest BCUT2D eigenvalue weighted by molar-refractivity contribution is 0.243. The van der Waals surface area contributed by atoms with E-state index < -0.39 is 0 Å². The van der Waals surface area contributed by atoms with Gasteiger partial charge in [0.05, 0.1) is 5.69 Å². The fourth-order valence-electron chi connectivity index (χ4n) is 2.30. The summed E-state index contributed by atoms with van der Waals surface area (Å²) < 4.78 is 0. The number of nitrogens with two attached hydrogens (primary N) is 1. The predicted octanol–water partition coefficient (Wildman–Crippen LogP) is 1.83. The third-order valence-corrected chi connectivity index (χ3v) is 3.51. The highest BCUT2D eigenvalue weighted by molar-refractivity contribution is 5.62. The first-order valence-corrected chi connectivity index (χ1v) is 6.84. The van der Waals surface area contributed by atoms with E-state index >= 15 is 0 Å². The lowest BCUT2D eigenvalue weighted by atomic mass is 10.1. The average molecular weight is 248 g/mol. The Labute approximate surface area is 110 Å². The van der Waals surface area contributed by atoms with Crippen molar-refractivity contribution in [2.45, 2.75) is 20.3 Å². The summed E-state index contributed by atoms with van der Waals surface area (Å²) in [5.74, 6) is 1.73. The van der Waals surface area contributed by atoms with E-state index in [0.29, 0.717) is 0 Å². The molecule has 18 heavy (non-hydrogen) atoms. The van der Waals surface area contributed by atoms with Crippen LogP contribution in [0.2, 0.25) is 0 Å². The molecule has 1 fully saturated rings. The minimum Gasteiger partial charge on any atom is -0.396 e. The van der Waals surface area contributed by atoms with Crippen molar-refractivity contribution in [1.82, 2.24) is 9.88 Å². The van der Waals surface area contributed by atoms with Crippen molar-refractivity contribution in [3.8, 4) is 0 Å². The summed E-state index contributed by atoms with van der Waals surface area (Å²) >= 11 is 0. The molecule has 0 unspecified atom stereocenters. The summed E-state index contributed by atoms with van der Waals surface area (Å²) in [6.45, 7) is 10.1. The van der Waals surface area contributed by atoms with Gasteiger partial charge < -0.3 is 10.6 Å². The quantitative estimate of drug-likeness (QED) is 0.883. The molecule has 0 bridgehead atoms. The molecule has 0 radical (unpaired) electrons. The molecule has 2 heterocycles. The summed E-state index contributed by atoms with van der Waals surface area (Å²) in [4.78, 5) is 9.21. The van der Waals surface area contributed by atoms with Crippen LogP contribution >= 0.6 is 0 Å². The van der Waals surface area contributed by atoms with Gasteiger partial charge in [-0.3, -0.25) is 4.90 Å². The third-order valence-electron chi connectivity index (χ3n) is 3.51. The minimum absolute atomic E-state index is 0.785. The molecule has 0 aliphatic carbocycles. The number of hydrogen-bond acceptors (Lipinski definition) is 4. The van der Waals surface area contributed by atoms with E-state index in [-0.39, 0.29) is 0 Å². The maximum Gasteiger partial charge on any atom is 0.151 e. The summed E-state index contributed by atoms with van der Waals surface area (Å²) in [6.07, 6.45) is 3.10. The molecule has 2 rings (SSSR count). The van der Waals surface area contributed by atoms with Crippen molar-refractivity contribution >= 4 is 11.5 Å². The van der Waals surface area contributed by atoms with Gasteiger partial charge in [-0.2, -0.15) is 0 Å². The van der Waals surface area contributed by atoms with Crippen LogP contribution in [0.4, 0.5) is 11.5 Å². The third kappa shape index (κ3) is 3.35. The molecule has 1 aliphatic rings. The zero-order valence-corrected chi connectivity index (χ0v) is 11.5. The van der Waals surface area contributed by atoms with Gasteiger partial charge in [0.15, 0.2) is 5.82 Å². The molecular formula is C14H24N4. The fraction of sp³-hybridized carbons (Fsp3) is 0.643. The summed E-state index contributed by atoms with van der Waals surface area (Å²) in [7, 11) is 0. The molecule has 1 saturated heterocycles. The Bertz CT molecular complexity index is 370. The Morgan fingerprint density at radius 3 is 2.61 bits per heavy atom. The molecular weight excluding hydrogens is 224 g/mol.